The SMILES string of the molecule is O=C1C(CO)(CO)CNC12CCCCC2. The van der Waals surface area contributed by atoms with Crippen LogP contribution in [0.4, 0.5) is 0 Å². The fourth-order valence-corrected chi connectivity index (χ4v) is 2.87. The largest absolute Gasteiger partial charge is 0.395 e. The van der Waals surface area contributed by atoms with E-state index in [2.05, 4.69) is 5.32 Å². The van der Waals surface area contributed by atoms with Crippen LogP contribution in [0.5, 0.6) is 0 Å². The molecule has 2 aliphatic rings. The van der Waals surface area contributed by atoms with Crippen LogP contribution < -0.4 is 5.32 Å². The number of carbonyl (C=O) groups excluding carboxylic acids is 1. The summed E-state index contributed by atoms with van der Waals surface area (Å²) in [6, 6.07) is 0. The summed E-state index contributed by atoms with van der Waals surface area (Å²) < 4.78 is 0. The molecule has 1 aliphatic carbocycles. The Morgan fingerprint density at radius 2 is 1.73 bits per heavy atom. The molecule has 0 radical (unpaired) electrons. The van der Waals surface area contributed by atoms with Crippen LogP contribution in [-0.4, -0.2) is 41.3 Å². The lowest BCUT2D eigenvalue weighted by Crippen LogP contribution is -2.49. The maximum absolute atomic E-state index is 12.3. The highest BCUT2D eigenvalue weighted by Crippen LogP contribution is 2.39. The minimum Gasteiger partial charge on any atom is -0.395 e. The Kier molecular flexibility index (Phi) is 2.83. The molecular formula is C11H19NO3. The topological polar surface area (TPSA) is 69.6 Å². The minimum atomic E-state index is -0.933. The molecule has 2 fully saturated rings. The van der Waals surface area contributed by atoms with E-state index in [0.717, 1.165) is 25.7 Å². The molecule has 86 valence electrons. The number of hydrogen-bond donors (Lipinski definition) is 3. The molecular weight excluding hydrogens is 194 g/mol. The Hall–Kier alpha value is -0.450. The van der Waals surface area contributed by atoms with Crippen LogP contribution in [0.3, 0.4) is 0 Å². The van der Waals surface area contributed by atoms with Crippen molar-refractivity contribution in [3.8, 4) is 0 Å². The molecule has 0 amide bonds. The zero-order valence-electron chi connectivity index (χ0n) is 8.96. The van der Waals surface area contributed by atoms with E-state index in [9.17, 15) is 15.0 Å². The molecule has 4 heteroatoms. The molecule has 4 nitrogen and oxygen atoms in total. The van der Waals surface area contributed by atoms with Gasteiger partial charge in [0.2, 0.25) is 0 Å². The van der Waals surface area contributed by atoms with Crippen LogP contribution in [0.25, 0.3) is 0 Å². The van der Waals surface area contributed by atoms with Crippen LogP contribution in [0.2, 0.25) is 0 Å². The van der Waals surface area contributed by atoms with E-state index < -0.39 is 11.0 Å². The normalized spacial score (nSPS) is 28.5. The molecule has 1 saturated carbocycles. The van der Waals surface area contributed by atoms with Crippen molar-refractivity contribution in [3.05, 3.63) is 0 Å². The zero-order chi connectivity index (χ0) is 10.9. The molecule has 15 heavy (non-hydrogen) atoms. The first kappa shape index (κ1) is 11.0. The number of nitrogens with one attached hydrogen (secondary N) is 1. The number of rotatable bonds is 2. The van der Waals surface area contributed by atoms with Crippen LogP contribution in [0.1, 0.15) is 32.1 Å². The molecule has 1 spiro atoms. The standard InChI is InChI=1S/C11H19NO3/c13-7-10(8-14)6-12-11(9(10)15)4-2-1-3-5-11/h12-14H,1-8H2. The van der Waals surface area contributed by atoms with Gasteiger partial charge in [-0.1, -0.05) is 19.3 Å². The number of Topliss-reactive ketones (excluding diaryl/α,β-unsaturated/α-hetero) is 1. The predicted molar refractivity (Wildman–Crippen MR) is 55.4 cm³/mol. The van der Waals surface area contributed by atoms with Gasteiger partial charge in [-0.2, -0.15) is 0 Å². The summed E-state index contributed by atoms with van der Waals surface area (Å²) in [6.07, 6.45) is 5.01. The van der Waals surface area contributed by atoms with Gasteiger partial charge in [0.1, 0.15) is 0 Å². The van der Waals surface area contributed by atoms with Gasteiger partial charge in [-0.3, -0.25) is 4.79 Å². The molecule has 0 aromatic rings. The Morgan fingerprint density at radius 3 is 2.20 bits per heavy atom. The van der Waals surface area contributed by atoms with Crippen molar-refractivity contribution in [2.24, 2.45) is 5.41 Å². The summed E-state index contributed by atoms with van der Waals surface area (Å²) in [5, 5.41) is 21.8. The van der Waals surface area contributed by atoms with E-state index in [4.69, 9.17) is 0 Å². The van der Waals surface area contributed by atoms with Crippen molar-refractivity contribution in [2.45, 2.75) is 37.6 Å². The summed E-state index contributed by atoms with van der Waals surface area (Å²) in [4.78, 5) is 12.3. The first-order chi connectivity index (χ1) is 7.19. The van der Waals surface area contributed by atoms with Gasteiger partial charge in [-0.15, -0.1) is 0 Å². The molecule has 0 unspecified atom stereocenters. The third-order valence-corrected chi connectivity index (χ3v) is 3.99. The Bertz CT molecular complexity index is 255. The van der Waals surface area contributed by atoms with Crippen molar-refractivity contribution in [3.63, 3.8) is 0 Å². The van der Waals surface area contributed by atoms with Crippen molar-refractivity contribution < 1.29 is 15.0 Å². The second-order valence-corrected chi connectivity index (χ2v) is 4.92. The molecule has 1 heterocycles. The van der Waals surface area contributed by atoms with Gasteiger partial charge >= 0.3 is 0 Å². The third kappa shape index (κ3) is 1.51. The van der Waals surface area contributed by atoms with E-state index in [1.54, 1.807) is 0 Å². The molecule has 1 aliphatic heterocycles. The quantitative estimate of drug-likeness (QED) is 0.596. The maximum atomic E-state index is 12.3. The first-order valence-electron chi connectivity index (χ1n) is 5.71. The molecule has 0 aromatic heterocycles. The highest BCUT2D eigenvalue weighted by Gasteiger charge is 2.55. The Balaban J connectivity index is 2.21. The lowest BCUT2D eigenvalue weighted by Gasteiger charge is -2.33. The molecule has 3 N–H and O–H groups in total. The number of aliphatic hydroxyl groups is 2. The lowest BCUT2D eigenvalue weighted by atomic mass is 9.73. The Labute approximate surface area is 89.7 Å². The fraction of sp³-hybridized carbons (Fsp3) is 0.909. The maximum Gasteiger partial charge on any atom is 0.164 e. The van der Waals surface area contributed by atoms with Gasteiger partial charge in [0, 0.05) is 6.54 Å². The average Bonchev–Trinajstić information content (AvgIpc) is 2.56. The fourth-order valence-electron chi connectivity index (χ4n) is 2.87. The van der Waals surface area contributed by atoms with Gasteiger partial charge in [0.05, 0.1) is 24.2 Å². The smallest absolute Gasteiger partial charge is 0.164 e. The average molecular weight is 213 g/mol. The number of carbonyl (C=O) groups is 1. The molecule has 0 atom stereocenters. The van der Waals surface area contributed by atoms with E-state index >= 15 is 0 Å². The van der Waals surface area contributed by atoms with Crippen molar-refractivity contribution in [1.29, 1.82) is 0 Å². The van der Waals surface area contributed by atoms with Crippen LogP contribution in [0.15, 0.2) is 0 Å². The zero-order valence-corrected chi connectivity index (χ0v) is 8.96. The van der Waals surface area contributed by atoms with Gasteiger partial charge in [-0.05, 0) is 12.8 Å². The summed E-state index contributed by atoms with van der Waals surface area (Å²) in [6.45, 7) is -0.0903. The molecule has 2 rings (SSSR count). The second kappa shape index (κ2) is 3.85. The molecule has 0 bridgehead atoms. The van der Waals surface area contributed by atoms with Gasteiger partial charge in [-0.25, -0.2) is 0 Å². The van der Waals surface area contributed by atoms with Crippen LogP contribution in [0, 0.1) is 5.41 Å². The van der Waals surface area contributed by atoms with Crippen LogP contribution in [-0.2, 0) is 4.79 Å². The van der Waals surface area contributed by atoms with Gasteiger partial charge in [0.15, 0.2) is 5.78 Å². The van der Waals surface area contributed by atoms with Crippen LogP contribution >= 0.6 is 0 Å². The summed E-state index contributed by atoms with van der Waals surface area (Å²) in [5.41, 5.74) is -1.37. The van der Waals surface area contributed by atoms with Crippen molar-refractivity contribution in [1.82, 2.24) is 5.32 Å². The summed E-state index contributed by atoms with van der Waals surface area (Å²) in [7, 11) is 0. The van der Waals surface area contributed by atoms with Gasteiger partial charge in [0.25, 0.3) is 0 Å². The summed E-state index contributed by atoms with van der Waals surface area (Å²) >= 11 is 0. The van der Waals surface area contributed by atoms with Gasteiger partial charge < -0.3 is 15.5 Å². The minimum absolute atomic E-state index is 0.0275. The van der Waals surface area contributed by atoms with Crippen molar-refractivity contribution in [2.75, 3.05) is 19.8 Å². The van der Waals surface area contributed by atoms with Crippen molar-refractivity contribution >= 4 is 5.78 Å². The Morgan fingerprint density at radius 1 is 1.13 bits per heavy atom. The molecule has 1 saturated heterocycles. The molecule has 0 aromatic carbocycles. The van der Waals surface area contributed by atoms with E-state index in [1.807, 2.05) is 0 Å². The number of ketones is 1. The van der Waals surface area contributed by atoms with E-state index in [1.165, 1.54) is 6.42 Å². The monoisotopic (exact) mass is 213 g/mol. The third-order valence-electron chi connectivity index (χ3n) is 3.99. The number of hydrogen-bond acceptors (Lipinski definition) is 4. The highest BCUT2D eigenvalue weighted by atomic mass is 16.3. The van der Waals surface area contributed by atoms with E-state index in [0.29, 0.717) is 6.54 Å². The predicted octanol–water partition coefficient (Wildman–Crippen LogP) is -0.167. The summed E-state index contributed by atoms with van der Waals surface area (Å²) in [5.74, 6) is 0.0275. The highest BCUT2D eigenvalue weighted by molar-refractivity contribution is 5.96. The number of aliphatic hydroxyl groups excluding tert-OH is 2. The second-order valence-electron chi connectivity index (χ2n) is 4.92. The van der Waals surface area contributed by atoms with E-state index in [-0.39, 0.29) is 19.0 Å². The lowest BCUT2D eigenvalue weighted by molar-refractivity contribution is -0.135. The first-order valence-corrected chi connectivity index (χ1v) is 5.71.